The molecule has 5 heteroatoms. The van der Waals surface area contributed by atoms with Crippen molar-refractivity contribution in [1.29, 1.82) is 0 Å². The van der Waals surface area contributed by atoms with E-state index in [9.17, 15) is 0 Å². The molecule has 2 aromatic rings. The van der Waals surface area contributed by atoms with Crippen molar-refractivity contribution >= 4 is 23.2 Å². The molecule has 0 aromatic heterocycles. The number of benzene rings is 2. The third-order valence-corrected chi connectivity index (χ3v) is 5.65. The van der Waals surface area contributed by atoms with Crippen LogP contribution in [0, 0.1) is 0 Å². The van der Waals surface area contributed by atoms with Gasteiger partial charge < -0.3 is 9.47 Å². The number of halogens is 2. The van der Waals surface area contributed by atoms with E-state index in [0.29, 0.717) is 16.1 Å². The van der Waals surface area contributed by atoms with E-state index in [0.717, 1.165) is 37.4 Å². The summed E-state index contributed by atoms with van der Waals surface area (Å²) in [4.78, 5) is 2.49. The minimum Gasteiger partial charge on any atom is -0.493 e. The summed E-state index contributed by atoms with van der Waals surface area (Å²) in [6.45, 7) is 4.16. The second-order valence-electron chi connectivity index (χ2n) is 6.52. The maximum absolute atomic E-state index is 6.11. The molecule has 1 aliphatic rings. The zero-order valence-electron chi connectivity index (χ0n) is 14.8. The van der Waals surface area contributed by atoms with E-state index in [-0.39, 0.29) is 0 Å². The Morgan fingerprint density at radius 3 is 2.08 bits per heavy atom. The lowest BCUT2D eigenvalue weighted by Crippen LogP contribution is -2.28. The predicted octanol–water partition coefficient (Wildman–Crippen LogP) is 5.35. The second kappa shape index (κ2) is 7.86. The van der Waals surface area contributed by atoms with Gasteiger partial charge in [0.1, 0.15) is 0 Å². The molecule has 0 N–H and O–H groups in total. The smallest absolute Gasteiger partial charge is 0.161 e. The highest BCUT2D eigenvalue weighted by molar-refractivity contribution is 6.42. The molecule has 1 heterocycles. The van der Waals surface area contributed by atoms with E-state index < -0.39 is 0 Å². The molecule has 0 radical (unpaired) electrons. The van der Waals surface area contributed by atoms with Crippen molar-refractivity contribution in [2.45, 2.75) is 38.9 Å². The van der Waals surface area contributed by atoms with Gasteiger partial charge in [-0.3, -0.25) is 4.90 Å². The first-order valence-electron chi connectivity index (χ1n) is 8.43. The number of hydrogen-bond acceptors (Lipinski definition) is 3. The van der Waals surface area contributed by atoms with Crippen LogP contribution in [0.4, 0.5) is 0 Å². The molecule has 3 rings (SSSR count). The van der Waals surface area contributed by atoms with Crippen LogP contribution in [0.15, 0.2) is 30.3 Å². The largest absolute Gasteiger partial charge is 0.493 e. The summed E-state index contributed by atoms with van der Waals surface area (Å²) in [5.74, 6) is 1.60. The number of aryl methyl sites for hydroxylation is 1. The van der Waals surface area contributed by atoms with Crippen molar-refractivity contribution in [2.24, 2.45) is 0 Å². The van der Waals surface area contributed by atoms with Crippen LogP contribution >= 0.6 is 23.2 Å². The van der Waals surface area contributed by atoms with Crippen LogP contribution in [-0.4, -0.2) is 25.2 Å². The molecule has 0 spiro atoms. The Morgan fingerprint density at radius 1 is 0.960 bits per heavy atom. The molecule has 1 aliphatic heterocycles. The fourth-order valence-corrected chi connectivity index (χ4v) is 3.64. The van der Waals surface area contributed by atoms with E-state index in [1.807, 2.05) is 12.1 Å². The fourth-order valence-electron chi connectivity index (χ4n) is 3.32. The van der Waals surface area contributed by atoms with E-state index in [1.54, 1.807) is 14.2 Å². The number of methoxy groups -OCH3 is 2. The van der Waals surface area contributed by atoms with Crippen LogP contribution in [0.5, 0.6) is 11.5 Å². The summed E-state index contributed by atoms with van der Waals surface area (Å²) in [7, 11) is 3.35. The van der Waals surface area contributed by atoms with Crippen molar-refractivity contribution < 1.29 is 9.47 Å². The number of ether oxygens (including phenoxy) is 2. The molecule has 134 valence electrons. The molecule has 1 atom stereocenters. The van der Waals surface area contributed by atoms with Gasteiger partial charge in [0.05, 0.1) is 24.3 Å². The fraction of sp³-hybridized carbons (Fsp3) is 0.400. The topological polar surface area (TPSA) is 21.7 Å². The zero-order valence-corrected chi connectivity index (χ0v) is 16.3. The molecule has 2 aromatic carbocycles. The van der Waals surface area contributed by atoms with Gasteiger partial charge >= 0.3 is 0 Å². The Labute approximate surface area is 159 Å². The molecule has 0 amide bonds. The molecular formula is C20H23Cl2NO2. The third kappa shape index (κ3) is 4.05. The van der Waals surface area contributed by atoms with Crippen molar-refractivity contribution in [3.8, 4) is 11.5 Å². The lowest BCUT2D eigenvalue weighted by Gasteiger charge is -2.23. The Balaban J connectivity index is 1.63. The molecule has 0 saturated carbocycles. The summed E-state index contributed by atoms with van der Waals surface area (Å²) in [5, 5.41) is 1.23. The van der Waals surface area contributed by atoms with Crippen LogP contribution in [0.2, 0.25) is 10.0 Å². The van der Waals surface area contributed by atoms with Crippen molar-refractivity contribution in [3.63, 3.8) is 0 Å². The lowest BCUT2D eigenvalue weighted by atomic mass is 10.1. The number of hydrogen-bond donors (Lipinski definition) is 0. The van der Waals surface area contributed by atoms with Crippen LogP contribution in [0.25, 0.3) is 0 Å². The van der Waals surface area contributed by atoms with Gasteiger partial charge in [0.25, 0.3) is 0 Å². The summed E-state index contributed by atoms with van der Waals surface area (Å²) < 4.78 is 10.8. The molecule has 0 aliphatic carbocycles. The lowest BCUT2D eigenvalue weighted by molar-refractivity contribution is 0.203. The Hall–Kier alpha value is -1.42. The highest BCUT2D eigenvalue weighted by Crippen LogP contribution is 2.36. The number of nitrogens with zero attached hydrogens (tertiary/aromatic N) is 1. The van der Waals surface area contributed by atoms with Crippen molar-refractivity contribution in [3.05, 3.63) is 57.1 Å². The van der Waals surface area contributed by atoms with Gasteiger partial charge in [-0.1, -0.05) is 29.3 Å². The first-order chi connectivity index (χ1) is 12.0. The molecule has 0 bridgehead atoms. The maximum atomic E-state index is 6.11. The van der Waals surface area contributed by atoms with E-state index in [4.69, 9.17) is 32.7 Å². The van der Waals surface area contributed by atoms with E-state index in [2.05, 4.69) is 30.0 Å². The van der Waals surface area contributed by atoms with E-state index in [1.165, 1.54) is 16.7 Å². The highest BCUT2D eigenvalue weighted by atomic mass is 35.5. The average molecular weight is 380 g/mol. The molecule has 3 nitrogen and oxygen atoms in total. The minimum atomic E-state index is 0.471. The Bertz CT molecular complexity index is 731. The SMILES string of the molecule is COc1cc2c(cc1OC)CN([C@H](C)CCc1ccc(Cl)c(Cl)c1)C2. The van der Waals surface area contributed by atoms with Crippen molar-refractivity contribution in [1.82, 2.24) is 4.90 Å². The summed E-state index contributed by atoms with van der Waals surface area (Å²) in [6, 6.07) is 10.5. The first kappa shape index (κ1) is 18.4. The normalized spacial score (nSPS) is 15.1. The van der Waals surface area contributed by atoms with Crippen LogP contribution in [-0.2, 0) is 19.5 Å². The maximum Gasteiger partial charge on any atom is 0.161 e. The van der Waals surface area contributed by atoms with Crippen LogP contribution in [0.3, 0.4) is 0 Å². The molecular weight excluding hydrogens is 357 g/mol. The van der Waals surface area contributed by atoms with Crippen molar-refractivity contribution in [2.75, 3.05) is 14.2 Å². The Morgan fingerprint density at radius 2 is 1.56 bits per heavy atom. The minimum absolute atomic E-state index is 0.471. The van der Waals surface area contributed by atoms with Crippen LogP contribution in [0.1, 0.15) is 30.0 Å². The first-order valence-corrected chi connectivity index (χ1v) is 9.19. The van der Waals surface area contributed by atoms with Crippen LogP contribution < -0.4 is 9.47 Å². The standard InChI is InChI=1S/C20H23Cl2NO2/c1-13(4-5-14-6-7-17(21)18(22)8-14)23-11-15-9-19(24-2)20(25-3)10-16(15)12-23/h6-10,13H,4-5,11-12H2,1-3H3/t13-/m1/s1. The molecule has 0 unspecified atom stereocenters. The number of fused-ring (bicyclic) bond motifs is 1. The third-order valence-electron chi connectivity index (χ3n) is 4.91. The monoisotopic (exact) mass is 379 g/mol. The average Bonchev–Trinajstić information content (AvgIpc) is 3.04. The summed E-state index contributed by atoms with van der Waals surface area (Å²) in [6.07, 6.45) is 2.05. The van der Waals surface area contributed by atoms with Gasteiger partial charge in [-0.2, -0.15) is 0 Å². The molecule has 0 saturated heterocycles. The van der Waals surface area contributed by atoms with Gasteiger partial charge in [-0.25, -0.2) is 0 Å². The quantitative estimate of drug-likeness (QED) is 0.675. The second-order valence-corrected chi connectivity index (χ2v) is 7.33. The summed E-state index contributed by atoms with van der Waals surface area (Å²) >= 11 is 12.1. The van der Waals surface area contributed by atoms with Gasteiger partial charge in [-0.05, 0) is 60.7 Å². The zero-order chi connectivity index (χ0) is 18.0. The summed E-state index contributed by atoms with van der Waals surface area (Å²) in [5.41, 5.74) is 3.86. The Kier molecular flexibility index (Phi) is 5.78. The van der Waals surface area contributed by atoms with Gasteiger partial charge in [0.15, 0.2) is 11.5 Å². The highest BCUT2D eigenvalue weighted by Gasteiger charge is 2.25. The number of rotatable bonds is 6. The van der Waals surface area contributed by atoms with Gasteiger partial charge in [-0.15, -0.1) is 0 Å². The van der Waals surface area contributed by atoms with Gasteiger partial charge in [0.2, 0.25) is 0 Å². The molecule has 25 heavy (non-hydrogen) atoms. The molecule has 0 fully saturated rings. The van der Waals surface area contributed by atoms with Gasteiger partial charge in [0, 0.05) is 19.1 Å². The van der Waals surface area contributed by atoms with E-state index >= 15 is 0 Å². The predicted molar refractivity (Wildman–Crippen MR) is 103 cm³/mol.